The normalized spacial score (nSPS) is 10.4. The third kappa shape index (κ3) is 4.63. The number of hydrogen-bond acceptors (Lipinski definition) is 3. The van der Waals surface area contributed by atoms with E-state index >= 15 is 0 Å². The molecule has 17 heavy (non-hydrogen) atoms. The first-order chi connectivity index (χ1) is 7.48. The zero-order valence-electron chi connectivity index (χ0n) is 10.3. The van der Waals surface area contributed by atoms with Crippen molar-refractivity contribution in [2.24, 2.45) is 5.73 Å². The molecule has 0 fully saturated rings. The fourth-order valence-electron chi connectivity index (χ4n) is 1.19. The molecule has 0 saturated heterocycles. The van der Waals surface area contributed by atoms with Crippen molar-refractivity contribution >= 4 is 18.3 Å². The molecule has 96 valence electrons. The summed E-state index contributed by atoms with van der Waals surface area (Å²) in [7, 11) is 1.57. The van der Waals surface area contributed by atoms with Gasteiger partial charge in [-0.1, -0.05) is 6.07 Å². The minimum Gasteiger partial charge on any atom is -0.497 e. The molecule has 0 unspecified atom stereocenters. The van der Waals surface area contributed by atoms with Gasteiger partial charge in [-0.3, -0.25) is 4.79 Å². The predicted octanol–water partition coefficient (Wildman–Crippen LogP) is 1.58. The van der Waals surface area contributed by atoms with Gasteiger partial charge in [0, 0.05) is 17.6 Å². The lowest BCUT2D eigenvalue weighted by molar-refractivity contribution is 0.0915. The molecule has 0 aliphatic heterocycles. The van der Waals surface area contributed by atoms with Crippen molar-refractivity contribution in [1.82, 2.24) is 5.32 Å². The van der Waals surface area contributed by atoms with Crippen LogP contribution in [0.2, 0.25) is 0 Å². The van der Waals surface area contributed by atoms with E-state index in [1.54, 1.807) is 31.4 Å². The Bertz CT molecular complexity index is 381. The fourth-order valence-corrected chi connectivity index (χ4v) is 1.19. The second-order valence-electron chi connectivity index (χ2n) is 4.27. The van der Waals surface area contributed by atoms with Crippen LogP contribution in [-0.4, -0.2) is 25.1 Å². The average molecular weight is 259 g/mol. The SMILES string of the molecule is COc1cccc(C(=O)NC(C)(C)CN)c1.Cl. The number of hydrogen-bond donors (Lipinski definition) is 2. The van der Waals surface area contributed by atoms with Gasteiger partial charge in [0.1, 0.15) is 5.75 Å². The Balaban J connectivity index is 0.00000256. The first kappa shape index (κ1) is 15.7. The molecule has 0 saturated carbocycles. The average Bonchev–Trinajstić information content (AvgIpc) is 2.28. The Kier molecular flexibility index (Phi) is 5.99. The van der Waals surface area contributed by atoms with Crippen molar-refractivity contribution in [3.63, 3.8) is 0 Å². The summed E-state index contributed by atoms with van der Waals surface area (Å²) in [5.74, 6) is 0.521. The van der Waals surface area contributed by atoms with Crippen molar-refractivity contribution in [1.29, 1.82) is 0 Å². The summed E-state index contributed by atoms with van der Waals surface area (Å²) in [6.07, 6.45) is 0. The number of nitrogens with two attached hydrogens (primary N) is 1. The van der Waals surface area contributed by atoms with Crippen molar-refractivity contribution in [3.05, 3.63) is 29.8 Å². The first-order valence-electron chi connectivity index (χ1n) is 5.15. The zero-order valence-corrected chi connectivity index (χ0v) is 11.1. The predicted molar refractivity (Wildman–Crippen MR) is 70.8 cm³/mol. The lowest BCUT2D eigenvalue weighted by Gasteiger charge is -2.24. The van der Waals surface area contributed by atoms with E-state index in [1.807, 2.05) is 13.8 Å². The molecule has 0 bridgehead atoms. The second kappa shape index (κ2) is 6.47. The van der Waals surface area contributed by atoms with Gasteiger partial charge in [-0.15, -0.1) is 12.4 Å². The highest BCUT2D eigenvalue weighted by atomic mass is 35.5. The molecule has 0 atom stereocenters. The Morgan fingerprint density at radius 3 is 2.65 bits per heavy atom. The van der Waals surface area contributed by atoms with Gasteiger partial charge in [0.15, 0.2) is 0 Å². The maximum absolute atomic E-state index is 11.9. The van der Waals surface area contributed by atoms with E-state index in [2.05, 4.69) is 5.32 Å². The Hall–Kier alpha value is -1.26. The topological polar surface area (TPSA) is 64.3 Å². The van der Waals surface area contributed by atoms with Gasteiger partial charge < -0.3 is 15.8 Å². The van der Waals surface area contributed by atoms with Gasteiger partial charge in [0.25, 0.3) is 5.91 Å². The minimum atomic E-state index is -0.403. The number of ether oxygens (including phenoxy) is 1. The summed E-state index contributed by atoms with van der Waals surface area (Å²) in [5.41, 5.74) is 5.72. The van der Waals surface area contributed by atoms with E-state index in [0.29, 0.717) is 17.9 Å². The number of carbonyl (C=O) groups is 1. The van der Waals surface area contributed by atoms with Crippen molar-refractivity contribution in [2.75, 3.05) is 13.7 Å². The van der Waals surface area contributed by atoms with Gasteiger partial charge >= 0.3 is 0 Å². The van der Waals surface area contributed by atoms with Crippen LogP contribution in [-0.2, 0) is 0 Å². The summed E-state index contributed by atoms with van der Waals surface area (Å²) in [4.78, 5) is 11.9. The van der Waals surface area contributed by atoms with Crippen LogP contribution in [0.25, 0.3) is 0 Å². The lowest BCUT2D eigenvalue weighted by atomic mass is 10.1. The quantitative estimate of drug-likeness (QED) is 0.862. The number of halogens is 1. The van der Waals surface area contributed by atoms with Gasteiger partial charge in [0.2, 0.25) is 0 Å². The molecule has 1 aromatic rings. The standard InChI is InChI=1S/C12H18N2O2.ClH/c1-12(2,8-13)14-11(15)9-5-4-6-10(7-9)16-3;/h4-7H,8,13H2,1-3H3,(H,14,15);1H. The number of methoxy groups -OCH3 is 1. The molecule has 0 spiro atoms. The van der Waals surface area contributed by atoms with Gasteiger partial charge in [-0.25, -0.2) is 0 Å². The number of amides is 1. The molecular formula is C12H19ClN2O2. The molecule has 0 heterocycles. The minimum absolute atomic E-state index is 0. The molecule has 5 heteroatoms. The summed E-state index contributed by atoms with van der Waals surface area (Å²) >= 11 is 0. The van der Waals surface area contributed by atoms with E-state index < -0.39 is 5.54 Å². The number of rotatable bonds is 4. The van der Waals surface area contributed by atoms with Crippen LogP contribution >= 0.6 is 12.4 Å². The van der Waals surface area contributed by atoms with Crippen LogP contribution in [0.1, 0.15) is 24.2 Å². The third-order valence-corrected chi connectivity index (χ3v) is 2.29. The molecule has 0 radical (unpaired) electrons. The largest absolute Gasteiger partial charge is 0.497 e. The van der Waals surface area contributed by atoms with Gasteiger partial charge in [-0.2, -0.15) is 0 Å². The van der Waals surface area contributed by atoms with E-state index in [4.69, 9.17) is 10.5 Å². The van der Waals surface area contributed by atoms with Gasteiger partial charge in [-0.05, 0) is 32.0 Å². The Labute approximate surface area is 108 Å². The highest BCUT2D eigenvalue weighted by Crippen LogP contribution is 2.13. The zero-order chi connectivity index (χ0) is 12.2. The van der Waals surface area contributed by atoms with E-state index in [0.717, 1.165) is 0 Å². The Morgan fingerprint density at radius 2 is 2.12 bits per heavy atom. The fraction of sp³-hybridized carbons (Fsp3) is 0.417. The smallest absolute Gasteiger partial charge is 0.251 e. The highest BCUT2D eigenvalue weighted by Gasteiger charge is 2.19. The lowest BCUT2D eigenvalue weighted by Crippen LogP contribution is -2.48. The van der Waals surface area contributed by atoms with E-state index in [9.17, 15) is 4.79 Å². The molecule has 1 rings (SSSR count). The van der Waals surface area contributed by atoms with Crippen molar-refractivity contribution < 1.29 is 9.53 Å². The summed E-state index contributed by atoms with van der Waals surface area (Å²) in [5, 5.41) is 2.85. The van der Waals surface area contributed by atoms with E-state index in [1.165, 1.54) is 0 Å². The third-order valence-electron chi connectivity index (χ3n) is 2.29. The summed E-state index contributed by atoms with van der Waals surface area (Å²) in [6, 6.07) is 7.01. The molecule has 0 aliphatic rings. The van der Waals surface area contributed by atoms with Crippen LogP contribution in [0.4, 0.5) is 0 Å². The molecule has 1 amide bonds. The van der Waals surface area contributed by atoms with E-state index in [-0.39, 0.29) is 18.3 Å². The van der Waals surface area contributed by atoms with Crippen molar-refractivity contribution in [3.8, 4) is 5.75 Å². The molecule has 3 N–H and O–H groups in total. The Morgan fingerprint density at radius 1 is 1.47 bits per heavy atom. The number of benzene rings is 1. The number of nitrogens with one attached hydrogen (secondary N) is 1. The second-order valence-corrected chi connectivity index (χ2v) is 4.27. The molecule has 1 aromatic carbocycles. The maximum Gasteiger partial charge on any atom is 0.251 e. The van der Waals surface area contributed by atoms with Crippen LogP contribution < -0.4 is 15.8 Å². The maximum atomic E-state index is 11.9. The summed E-state index contributed by atoms with van der Waals surface area (Å²) < 4.78 is 5.06. The molecule has 0 aromatic heterocycles. The van der Waals surface area contributed by atoms with Crippen LogP contribution in [0.5, 0.6) is 5.75 Å². The monoisotopic (exact) mass is 258 g/mol. The summed E-state index contributed by atoms with van der Waals surface area (Å²) in [6.45, 7) is 4.15. The first-order valence-corrected chi connectivity index (χ1v) is 5.15. The molecule has 4 nitrogen and oxygen atoms in total. The van der Waals surface area contributed by atoms with Crippen molar-refractivity contribution in [2.45, 2.75) is 19.4 Å². The number of carbonyl (C=O) groups excluding carboxylic acids is 1. The molecular weight excluding hydrogens is 240 g/mol. The van der Waals surface area contributed by atoms with Crippen LogP contribution in [0, 0.1) is 0 Å². The highest BCUT2D eigenvalue weighted by molar-refractivity contribution is 5.95. The van der Waals surface area contributed by atoms with Crippen LogP contribution in [0.15, 0.2) is 24.3 Å². The van der Waals surface area contributed by atoms with Gasteiger partial charge in [0.05, 0.1) is 7.11 Å². The molecule has 0 aliphatic carbocycles. The van der Waals surface area contributed by atoms with Crippen LogP contribution in [0.3, 0.4) is 0 Å².